The summed E-state index contributed by atoms with van der Waals surface area (Å²) in [6.45, 7) is 1.71. The minimum absolute atomic E-state index is 0.0821. The molecule has 0 bridgehead atoms. The molecule has 4 amide bonds. The number of urea groups is 1. The normalized spacial score (nSPS) is 17.3. The van der Waals surface area contributed by atoms with Crippen molar-refractivity contribution in [1.29, 1.82) is 0 Å². The Balaban J connectivity index is 1.82. The van der Waals surface area contributed by atoms with Crippen LogP contribution in [0.4, 0.5) is 14.9 Å². The highest BCUT2D eigenvalue weighted by molar-refractivity contribution is 6.13. The maximum Gasteiger partial charge on any atom is 0.332 e. The molecule has 1 aliphatic heterocycles. The molecule has 1 fully saturated rings. The molecule has 0 saturated carbocycles. The molecule has 1 unspecified atom stereocenters. The molecule has 0 spiro atoms. The molecule has 2 aromatic rings. The molecule has 2 aromatic carbocycles. The number of anilines is 1. The van der Waals surface area contributed by atoms with E-state index in [0.717, 1.165) is 4.90 Å². The highest BCUT2D eigenvalue weighted by atomic mass is 19.1. The van der Waals surface area contributed by atoms with E-state index >= 15 is 0 Å². The lowest BCUT2D eigenvalue weighted by Crippen LogP contribution is -2.33. The summed E-state index contributed by atoms with van der Waals surface area (Å²) in [5, 5.41) is 0. The van der Waals surface area contributed by atoms with Crippen molar-refractivity contribution in [2.24, 2.45) is 5.73 Å². The van der Waals surface area contributed by atoms with Crippen molar-refractivity contribution in [2.75, 3.05) is 4.90 Å². The van der Waals surface area contributed by atoms with Crippen LogP contribution in [0.3, 0.4) is 0 Å². The molecule has 128 valence electrons. The van der Waals surface area contributed by atoms with Crippen molar-refractivity contribution in [3.05, 3.63) is 65.5 Å². The van der Waals surface area contributed by atoms with Gasteiger partial charge in [-0.3, -0.25) is 19.4 Å². The van der Waals surface area contributed by atoms with Crippen LogP contribution in [0, 0.1) is 5.82 Å². The van der Waals surface area contributed by atoms with Gasteiger partial charge < -0.3 is 5.73 Å². The SMILES string of the molecule is CC1C(=O)N(Cc2ccc(C(N)=O)cc2)C(=O)N1c1ccc(F)cc1. The van der Waals surface area contributed by atoms with Gasteiger partial charge in [-0.2, -0.15) is 0 Å². The number of carbonyl (C=O) groups is 3. The summed E-state index contributed by atoms with van der Waals surface area (Å²) in [7, 11) is 0. The van der Waals surface area contributed by atoms with E-state index in [1.54, 1.807) is 31.2 Å². The molecule has 3 rings (SSSR count). The number of nitrogens with two attached hydrogens (primary N) is 1. The average molecular weight is 341 g/mol. The minimum atomic E-state index is -0.678. The van der Waals surface area contributed by atoms with Gasteiger partial charge in [-0.1, -0.05) is 12.1 Å². The number of amides is 4. The molecule has 1 saturated heterocycles. The van der Waals surface area contributed by atoms with E-state index in [0.29, 0.717) is 16.8 Å². The molecule has 0 aliphatic carbocycles. The summed E-state index contributed by atoms with van der Waals surface area (Å²) < 4.78 is 13.1. The zero-order chi connectivity index (χ0) is 18.1. The van der Waals surface area contributed by atoms with Crippen LogP contribution in [-0.4, -0.2) is 28.8 Å². The van der Waals surface area contributed by atoms with Gasteiger partial charge in [0.15, 0.2) is 0 Å². The molecule has 1 atom stereocenters. The van der Waals surface area contributed by atoms with Crippen LogP contribution in [0.15, 0.2) is 48.5 Å². The fraction of sp³-hybridized carbons (Fsp3) is 0.167. The van der Waals surface area contributed by atoms with Crippen LogP contribution in [0.1, 0.15) is 22.8 Å². The van der Waals surface area contributed by atoms with Crippen molar-refractivity contribution < 1.29 is 18.8 Å². The Kier molecular flexibility index (Phi) is 4.22. The molecule has 6 nitrogen and oxygen atoms in total. The number of primary amides is 1. The molecule has 7 heteroatoms. The first kappa shape index (κ1) is 16.6. The zero-order valence-corrected chi connectivity index (χ0v) is 13.5. The Labute approximate surface area is 143 Å². The molecular weight excluding hydrogens is 325 g/mol. The van der Waals surface area contributed by atoms with E-state index in [-0.39, 0.29) is 12.5 Å². The Morgan fingerprint density at radius 1 is 1.08 bits per heavy atom. The zero-order valence-electron chi connectivity index (χ0n) is 13.5. The van der Waals surface area contributed by atoms with E-state index in [9.17, 15) is 18.8 Å². The van der Waals surface area contributed by atoms with Gasteiger partial charge in [0.2, 0.25) is 5.91 Å². The maximum absolute atomic E-state index is 13.1. The van der Waals surface area contributed by atoms with Gasteiger partial charge in [0.25, 0.3) is 5.91 Å². The topological polar surface area (TPSA) is 83.7 Å². The number of benzene rings is 2. The van der Waals surface area contributed by atoms with Crippen molar-refractivity contribution in [1.82, 2.24) is 4.90 Å². The van der Waals surface area contributed by atoms with Gasteiger partial charge in [0.1, 0.15) is 11.9 Å². The van der Waals surface area contributed by atoms with E-state index in [1.165, 1.54) is 29.2 Å². The molecule has 1 aliphatic rings. The Morgan fingerprint density at radius 3 is 2.24 bits per heavy atom. The first-order valence-electron chi connectivity index (χ1n) is 7.67. The number of hydrogen-bond donors (Lipinski definition) is 1. The number of nitrogens with zero attached hydrogens (tertiary/aromatic N) is 2. The smallest absolute Gasteiger partial charge is 0.332 e. The van der Waals surface area contributed by atoms with Crippen LogP contribution < -0.4 is 10.6 Å². The van der Waals surface area contributed by atoms with E-state index < -0.39 is 23.8 Å². The van der Waals surface area contributed by atoms with Gasteiger partial charge >= 0.3 is 6.03 Å². The van der Waals surface area contributed by atoms with Gasteiger partial charge in [0.05, 0.1) is 6.54 Å². The minimum Gasteiger partial charge on any atom is -0.366 e. The summed E-state index contributed by atoms with van der Waals surface area (Å²) in [5.74, 6) is -1.30. The van der Waals surface area contributed by atoms with E-state index in [4.69, 9.17) is 5.73 Å². The Bertz CT molecular complexity index is 834. The lowest BCUT2D eigenvalue weighted by molar-refractivity contribution is -0.127. The number of hydrogen-bond acceptors (Lipinski definition) is 3. The molecule has 0 radical (unpaired) electrons. The highest BCUT2D eigenvalue weighted by Gasteiger charge is 2.43. The molecule has 0 aromatic heterocycles. The lowest BCUT2D eigenvalue weighted by atomic mass is 10.1. The number of rotatable bonds is 4. The second-order valence-electron chi connectivity index (χ2n) is 5.79. The summed E-state index contributed by atoms with van der Waals surface area (Å²) in [6.07, 6.45) is 0. The molecule has 2 N–H and O–H groups in total. The standard InChI is InChI=1S/C18H16FN3O3/c1-11-17(24)21(10-12-2-4-13(5-3-12)16(20)23)18(25)22(11)15-8-6-14(19)7-9-15/h2-9,11H,10H2,1H3,(H2,20,23). The quantitative estimate of drug-likeness (QED) is 0.866. The molecule has 1 heterocycles. The highest BCUT2D eigenvalue weighted by Crippen LogP contribution is 2.27. The third-order valence-electron chi connectivity index (χ3n) is 4.13. The van der Waals surface area contributed by atoms with Gasteiger partial charge in [0, 0.05) is 11.3 Å². The third kappa shape index (κ3) is 3.08. The van der Waals surface area contributed by atoms with Gasteiger partial charge in [-0.05, 0) is 48.9 Å². The molecular formula is C18H16FN3O3. The fourth-order valence-corrected chi connectivity index (χ4v) is 2.76. The van der Waals surface area contributed by atoms with E-state index in [1.807, 2.05) is 0 Å². The third-order valence-corrected chi connectivity index (χ3v) is 4.13. The fourth-order valence-electron chi connectivity index (χ4n) is 2.76. The maximum atomic E-state index is 13.1. The summed E-state index contributed by atoms with van der Waals surface area (Å²) in [6, 6.07) is 10.6. The summed E-state index contributed by atoms with van der Waals surface area (Å²) >= 11 is 0. The Hall–Kier alpha value is -3.22. The number of imide groups is 1. The predicted molar refractivity (Wildman–Crippen MR) is 89.2 cm³/mol. The van der Waals surface area contributed by atoms with Crippen molar-refractivity contribution in [3.63, 3.8) is 0 Å². The van der Waals surface area contributed by atoms with Gasteiger partial charge in [-0.25, -0.2) is 9.18 Å². The number of carbonyl (C=O) groups excluding carboxylic acids is 3. The van der Waals surface area contributed by atoms with Crippen LogP contribution in [0.5, 0.6) is 0 Å². The van der Waals surface area contributed by atoms with Crippen LogP contribution in [-0.2, 0) is 11.3 Å². The van der Waals surface area contributed by atoms with Crippen LogP contribution in [0.25, 0.3) is 0 Å². The van der Waals surface area contributed by atoms with Crippen molar-refractivity contribution in [3.8, 4) is 0 Å². The van der Waals surface area contributed by atoms with Crippen LogP contribution in [0.2, 0.25) is 0 Å². The van der Waals surface area contributed by atoms with Crippen molar-refractivity contribution >= 4 is 23.5 Å². The molecule has 25 heavy (non-hydrogen) atoms. The van der Waals surface area contributed by atoms with Crippen molar-refractivity contribution in [2.45, 2.75) is 19.5 Å². The van der Waals surface area contributed by atoms with Crippen LogP contribution >= 0.6 is 0 Å². The monoisotopic (exact) mass is 341 g/mol. The summed E-state index contributed by atoms with van der Waals surface area (Å²) in [4.78, 5) is 38.7. The first-order chi connectivity index (χ1) is 11.9. The Morgan fingerprint density at radius 2 is 1.68 bits per heavy atom. The first-order valence-corrected chi connectivity index (χ1v) is 7.67. The summed E-state index contributed by atoms with van der Waals surface area (Å²) in [5.41, 5.74) is 6.69. The average Bonchev–Trinajstić information content (AvgIpc) is 2.80. The van der Waals surface area contributed by atoms with E-state index in [2.05, 4.69) is 0 Å². The van der Waals surface area contributed by atoms with Gasteiger partial charge in [-0.15, -0.1) is 0 Å². The second-order valence-corrected chi connectivity index (χ2v) is 5.79. The lowest BCUT2D eigenvalue weighted by Gasteiger charge is -2.19. The largest absolute Gasteiger partial charge is 0.366 e. The number of halogens is 1. The second kappa shape index (κ2) is 6.35. The predicted octanol–water partition coefficient (Wildman–Crippen LogP) is 2.28.